The fourth-order valence-corrected chi connectivity index (χ4v) is 2.83. The second-order valence-electron chi connectivity index (χ2n) is 6.04. The van der Waals surface area contributed by atoms with Crippen molar-refractivity contribution in [3.63, 3.8) is 0 Å². The van der Waals surface area contributed by atoms with Crippen molar-refractivity contribution in [3.8, 4) is 0 Å². The van der Waals surface area contributed by atoms with Crippen LogP contribution in [0.1, 0.15) is 24.4 Å². The highest BCUT2D eigenvalue weighted by Crippen LogP contribution is 2.21. The van der Waals surface area contributed by atoms with E-state index in [1.54, 1.807) is 0 Å². The SMILES string of the molecule is O=C(CCn1ccc(=O)[nH]c1=O)NCC1CC(c2ccccc2)NN1. The number of hydrogen-bond acceptors (Lipinski definition) is 5. The third-order valence-corrected chi connectivity index (χ3v) is 4.21. The van der Waals surface area contributed by atoms with E-state index in [1.807, 2.05) is 18.2 Å². The van der Waals surface area contributed by atoms with Crippen LogP contribution in [0, 0.1) is 0 Å². The van der Waals surface area contributed by atoms with Gasteiger partial charge in [0.2, 0.25) is 5.91 Å². The predicted octanol–water partition coefficient (Wildman–Crippen LogP) is -0.349. The minimum Gasteiger partial charge on any atom is -0.354 e. The maximum atomic E-state index is 12.0. The number of amides is 1. The summed E-state index contributed by atoms with van der Waals surface area (Å²) in [6, 6.07) is 11.8. The van der Waals surface area contributed by atoms with Crippen LogP contribution in [0.15, 0.2) is 52.2 Å². The zero-order valence-electron chi connectivity index (χ0n) is 13.7. The van der Waals surface area contributed by atoms with E-state index >= 15 is 0 Å². The first-order chi connectivity index (χ1) is 12.1. The highest BCUT2D eigenvalue weighted by Gasteiger charge is 2.24. The van der Waals surface area contributed by atoms with Gasteiger partial charge in [0.25, 0.3) is 5.56 Å². The number of rotatable bonds is 6. The standard InChI is InChI=1S/C17H21N5O3/c23-15(6-8-22-9-7-16(24)19-17(22)25)18-11-13-10-14(21-20-13)12-4-2-1-3-5-12/h1-5,7,9,13-14,20-21H,6,8,10-11H2,(H,18,23)(H,19,24,25). The van der Waals surface area contributed by atoms with Crippen LogP contribution in [0.5, 0.6) is 0 Å². The number of aryl methyl sites for hydroxylation is 1. The summed E-state index contributed by atoms with van der Waals surface area (Å²) < 4.78 is 1.31. The first kappa shape index (κ1) is 17.1. The highest BCUT2D eigenvalue weighted by atomic mass is 16.2. The molecule has 0 radical (unpaired) electrons. The summed E-state index contributed by atoms with van der Waals surface area (Å²) in [7, 11) is 0. The molecule has 1 fully saturated rings. The van der Waals surface area contributed by atoms with E-state index in [2.05, 4.69) is 33.3 Å². The van der Waals surface area contributed by atoms with Crippen molar-refractivity contribution in [2.24, 2.45) is 0 Å². The molecule has 0 bridgehead atoms. The molecule has 0 saturated carbocycles. The van der Waals surface area contributed by atoms with Crippen LogP contribution in [0.3, 0.4) is 0 Å². The van der Waals surface area contributed by atoms with E-state index in [-0.39, 0.29) is 31.0 Å². The van der Waals surface area contributed by atoms with Crippen LogP contribution >= 0.6 is 0 Å². The molecule has 2 aromatic rings. The molecule has 25 heavy (non-hydrogen) atoms. The number of H-pyrrole nitrogens is 1. The molecule has 4 N–H and O–H groups in total. The summed E-state index contributed by atoms with van der Waals surface area (Å²) in [5.41, 5.74) is 6.68. The van der Waals surface area contributed by atoms with E-state index < -0.39 is 11.2 Å². The molecule has 1 aliphatic heterocycles. The predicted molar refractivity (Wildman–Crippen MR) is 92.8 cm³/mol. The monoisotopic (exact) mass is 343 g/mol. The van der Waals surface area contributed by atoms with Crippen molar-refractivity contribution < 1.29 is 4.79 Å². The fourth-order valence-electron chi connectivity index (χ4n) is 2.83. The lowest BCUT2D eigenvalue weighted by atomic mass is 10.0. The molecule has 2 heterocycles. The van der Waals surface area contributed by atoms with Crippen molar-refractivity contribution in [1.29, 1.82) is 0 Å². The molecule has 1 amide bonds. The maximum Gasteiger partial charge on any atom is 0.328 e. The lowest BCUT2D eigenvalue weighted by molar-refractivity contribution is -0.121. The lowest BCUT2D eigenvalue weighted by Gasteiger charge is -2.11. The molecule has 0 aliphatic carbocycles. The number of nitrogens with one attached hydrogen (secondary N) is 4. The Labute approximate surface area is 144 Å². The molecule has 2 atom stereocenters. The Hall–Kier alpha value is -2.71. The number of hydrogen-bond donors (Lipinski definition) is 4. The van der Waals surface area contributed by atoms with Gasteiger partial charge in [-0.05, 0) is 12.0 Å². The largest absolute Gasteiger partial charge is 0.354 e. The Morgan fingerprint density at radius 3 is 2.72 bits per heavy atom. The van der Waals surface area contributed by atoms with Gasteiger partial charge < -0.3 is 9.88 Å². The van der Waals surface area contributed by atoms with E-state index in [0.717, 1.165) is 6.42 Å². The van der Waals surface area contributed by atoms with Gasteiger partial charge in [0.05, 0.1) is 0 Å². The number of carbonyl (C=O) groups excluding carboxylic acids is 1. The van der Waals surface area contributed by atoms with Gasteiger partial charge in [-0.2, -0.15) is 0 Å². The van der Waals surface area contributed by atoms with Gasteiger partial charge in [-0.25, -0.2) is 10.2 Å². The van der Waals surface area contributed by atoms with Crippen molar-refractivity contribution in [3.05, 3.63) is 69.0 Å². The number of nitrogens with zero attached hydrogens (tertiary/aromatic N) is 1. The number of benzene rings is 1. The molecule has 3 rings (SSSR count). The summed E-state index contributed by atoms with van der Waals surface area (Å²) in [4.78, 5) is 36.7. The molecule has 1 aromatic heterocycles. The Balaban J connectivity index is 1.42. The van der Waals surface area contributed by atoms with Gasteiger partial charge in [0, 0.05) is 43.9 Å². The Morgan fingerprint density at radius 1 is 1.16 bits per heavy atom. The summed E-state index contributed by atoms with van der Waals surface area (Å²) in [5.74, 6) is -0.136. The molecule has 2 unspecified atom stereocenters. The van der Waals surface area contributed by atoms with Crippen molar-refractivity contribution in [1.82, 2.24) is 25.7 Å². The number of carbonyl (C=O) groups is 1. The molecular formula is C17H21N5O3. The molecule has 132 valence electrons. The molecule has 1 saturated heterocycles. The van der Waals surface area contributed by atoms with Crippen molar-refractivity contribution in [2.45, 2.75) is 31.5 Å². The molecular weight excluding hydrogens is 322 g/mol. The molecule has 0 spiro atoms. The fraction of sp³-hybridized carbons (Fsp3) is 0.353. The van der Waals surface area contributed by atoms with E-state index in [4.69, 9.17) is 0 Å². The van der Waals surface area contributed by atoms with Crippen LogP contribution in [0.2, 0.25) is 0 Å². The van der Waals surface area contributed by atoms with Crippen molar-refractivity contribution in [2.75, 3.05) is 6.54 Å². The van der Waals surface area contributed by atoms with Gasteiger partial charge in [0.1, 0.15) is 0 Å². The van der Waals surface area contributed by atoms with E-state index in [9.17, 15) is 14.4 Å². The number of hydrazine groups is 1. The molecule has 8 nitrogen and oxygen atoms in total. The van der Waals surface area contributed by atoms with Gasteiger partial charge in [0.15, 0.2) is 0 Å². The third kappa shape index (κ3) is 4.65. The zero-order chi connectivity index (χ0) is 17.6. The Morgan fingerprint density at radius 2 is 1.96 bits per heavy atom. The quantitative estimate of drug-likeness (QED) is 0.573. The smallest absolute Gasteiger partial charge is 0.328 e. The minimum atomic E-state index is -0.507. The van der Waals surface area contributed by atoms with Gasteiger partial charge >= 0.3 is 5.69 Å². The van der Waals surface area contributed by atoms with E-state index in [0.29, 0.717) is 6.54 Å². The number of aromatic amines is 1. The van der Waals surface area contributed by atoms with Gasteiger partial charge in [-0.15, -0.1) is 0 Å². The topological polar surface area (TPSA) is 108 Å². The highest BCUT2D eigenvalue weighted by molar-refractivity contribution is 5.75. The molecule has 1 aromatic carbocycles. The average Bonchev–Trinajstić information content (AvgIpc) is 3.09. The zero-order valence-corrected chi connectivity index (χ0v) is 13.7. The Bertz CT molecular complexity index is 830. The van der Waals surface area contributed by atoms with Gasteiger partial charge in [-0.1, -0.05) is 30.3 Å². The van der Waals surface area contributed by atoms with Gasteiger partial charge in [-0.3, -0.25) is 20.0 Å². The first-order valence-electron chi connectivity index (χ1n) is 8.24. The van der Waals surface area contributed by atoms with E-state index in [1.165, 1.54) is 22.4 Å². The van der Waals surface area contributed by atoms with Crippen LogP contribution in [0.25, 0.3) is 0 Å². The summed E-state index contributed by atoms with van der Waals surface area (Å²) in [5, 5.41) is 2.87. The van der Waals surface area contributed by atoms with Crippen LogP contribution in [-0.2, 0) is 11.3 Å². The van der Waals surface area contributed by atoms with Crippen LogP contribution < -0.4 is 27.4 Å². The second kappa shape index (κ2) is 7.91. The van der Waals surface area contributed by atoms with Crippen LogP contribution in [-0.4, -0.2) is 28.0 Å². The normalized spacial score (nSPS) is 19.7. The number of aromatic nitrogens is 2. The average molecular weight is 343 g/mol. The second-order valence-corrected chi connectivity index (χ2v) is 6.04. The van der Waals surface area contributed by atoms with Crippen molar-refractivity contribution >= 4 is 5.91 Å². The first-order valence-corrected chi connectivity index (χ1v) is 8.24. The Kier molecular flexibility index (Phi) is 5.42. The summed E-state index contributed by atoms with van der Waals surface area (Å²) in [6.07, 6.45) is 2.44. The molecule has 8 heteroatoms. The minimum absolute atomic E-state index is 0.136. The maximum absolute atomic E-state index is 12.0. The summed E-state index contributed by atoms with van der Waals surface area (Å²) >= 11 is 0. The van der Waals surface area contributed by atoms with Crippen LogP contribution in [0.4, 0.5) is 0 Å². The molecule has 1 aliphatic rings. The summed E-state index contributed by atoms with van der Waals surface area (Å²) in [6.45, 7) is 0.736. The third-order valence-electron chi connectivity index (χ3n) is 4.21. The lowest BCUT2D eigenvalue weighted by Crippen LogP contribution is -2.40.